The van der Waals surface area contributed by atoms with E-state index >= 15 is 0 Å². The van der Waals surface area contributed by atoms with E-state index < -0.39 is 9.84 Å². The Morgan fingerprint density at radius 3 is 2.46 bits per heavy atom. The summed E-state index contributed by atoms with van der Waals surface area (Å²) in [5, 5.41) is 0. The molecule has 2 aliphatic rings. The van der Waals surface area contributed by atoms with Crippen LogP contribution in [0.15, 0.2) is 0 Å². The van der Waals surface area contributed by atoms with Gasteiger partial charge in [-0.3, -0.25) is 0 Å². The number of nitrogens with zero attached hydrogens (tertiary/aromatic N) is 2. The lowest BCUT2D eigenvalue weighted by atomic mass is 9.73. The van der Waals surface area contributed by atoms with Gasteiger partial charge in [-0.15, -0.1) is 0 Å². The third-order valence-corrected chi connectivity index (χ3v) is 6.62. The van der Waals surface area contributed by atoms with E-state index in [0.29, 0.717) is 30.4 Å². The number of likely N-dealkylation sites (tertiary alicyclic amines) is 2. The molecule has 2 fully saturated rings. The highest BCUT2D eigenvalue weighted by Crippen LogP contribution is 2.35. The van der Waals surface area contributed by atoms with E-state index in [9.17, 15) is 8.42 Å². The van der Waals surface area contributed by atoms with Crippen molar-refractivity contribution in [3.8, 4) is 0 Å². The SMILES string of the molecule is COCC1CCN(CCS(C)(=O)=O)CC1C1CN(C)CCC1OC. The second-order valence-corrected chi connectivity index (χ2v) is 9.85. The molecule has 0 aromatic carbocycles. The Hall–Kier alpha value is -0.210. The Bertz CT molecular complexity index is 485. The lowest BCUT2D eigenvalue weighted by Gasteiger charge is -2.47. The van der Waals surface area contributed by atoms with Crippen molar-refractivity contribution in [2.45, 2.75) is 18.9 Å². The van der Waals surface area contributed by atoms with Crippen molar-refractivity contribution in [1.82, 2.24) is 9.80 Å². The maximum Gasteiger partial charge on any atom is 0.148 e. The van der Waals surface area contributed by atoms with E-state index in [2.05, 4.69) is 16.8 Å². The molecule has 0 saturated carbocycles. The smallest absolute Gasteiger partial charge is 0.148 e. The standard InChI is InChI=1S/C17H34N2O4S/c1-18-7-6-17(23-3)16(11-18)15-12-19(9-10-24(4,20)21)8-5-14(15)13-22-2/h14-17H,5-13H2,1-4H3. The summed E-state index contributed by atoms with van der Waals surface area (Å²) in [7, 11) is 2.85. The van der Waals surface area contributed by atoms with Gasteiger partial charge < -0.3 is 19.3 Å². The van der Waals surface area contributed by atoms with Gasteiger partial charge in [0.2, 0.25) is 0 Å². The Labute approximate surface area is 147 Å². The molecule has 0 spiro atoms. The van der Waals surface area contributed by atoms with Crippen molar-refractivity contribution in [3.05, 3.63) is 0 Å². The highest BCUT2D eigenvalue weighted by atomic mass is 32.2. The summed E-state index contributed by atoms with van der Waals surface area (Å²) in [5.41, 5.74) is 0. The van der Waals surface area contributed by atoms with Crippen LogP contribution in [0.2, 0.25) is 0 Å². The summed E-state index contributed by atoms with van der Waals surface area (Å²) in [5.74, 6) is 1.74. The van der Waals surface area contributed by atoms with E-state index in [1.54, 1.807) is 7.11 Å². The van der Waals surface area contributed by atoms with Crippen LogP contribution in [0.5, 0.6) is 0 Å². The van der Waals surface area contributed by atoms with Crippen LogP contribution >= 0.6 is 0 Å². The fraction of sp³-hybridized carbons (Fsp3) is 1.00. The average molecular weight is 363 g/mol. The molecule has 6 nitrogen and oxygen atoms in total. The number of ether oxygens (including phenoxy) is 2. The van der Waals surface area contributed by atoms with Gasteiger partial charge in [-0.25, -0.2) is 8.42 Å². The second-order valence-electron chi connectivity index (χ2n) is 7.59. The van der Waals surface area contributed by atoms with Gasteiger partial charge in [-0.1, -0.05) is 0 Å². The minimum absolute atomic E-state index is 0.243. The molecule has 2 rings (SSSR count). The highest BCUT2D eigenvalue weighted by Gasteiger charge is 2.40. The van der Waals surface area contributed by atoms with E-state index in [4.69, 9.17) is 9.47 Å². The fourth-order valence-corrected chi connectivity index (χ4v) is 4.93. The monoisotopic (exact) mass is 362 g/mol. The molecule has 0 aromatic rings. The first kappa shape index (κ1) is 20.1. The van der Waals surface area contributed by atoms with Crippen LogP contribution in [-0.4, -0.2) is 96.9 Å². The summed E-state index contributed by atoms with van der Waals surface area (Å²) < 4.78 is 34.3. The van der Waals surface area contributed by atoms with Crippen LogP contribution in [0.25, 0.3) is 0 Å². The Balaban J connectivity index is 2.07. The highest BCUT2D eigenvalue weighted by molar-refractivity contribution is 7.90. The molecule has 24 heavy (non-hydrogen) atoms. The van der Waals surface area contributed by atoms with Crippen LogP contribution in [0.3, 0.4) is 0 Å². The molecule has 2 heterocycles. The average Bonchev–Trinajstić information content (AvgIpc) is 2.53. The quantitative estimate of drug-likeness (QED) is 0.660. The first-order valence-electron chi connectivity index (χ1n) is 8.94. The topological polar surface area (TPSA) is 59.1 Å². The van der Waals surface area contributed by atoms with Crippen molar-refractivity contribution in [3.63, 3.8) is 0 Å². The molecule has 7 heteroatoms. The Morgan fingerprint density at radius 1 is 1.08 bits per heavy atom. The summed E-state index contributed by atoms with van der Waals surface area (Å²) in [6, 6.07) is 0. The van der Waals surface area contributed by atoms with Gasteiger partial charge in [-0.2, -0.15) is 0 Å². The Morgan fingerprint density at radius 2 is 1.83 bits per heavy atom. The third-order valence-electron chi connectivity index (χ3n) is 5.70. The molecule has 0 aromatic heterocycles. The maximum atomic E-state index is 11.5. The first-order chi connectivity index (χ1) is 11.3. The lowest BCUT2D eigenvalue weighted by molar-refractivity contribution is -0.0639. The summed E-state index contributed by atoms with van der Waals surface area (Å²) in [6.45, 7) is 5.44. The number of methoxy groups -OCH3 is 2. The molecule has 0 aliphatic carbocycles. The van der Waals surface area contributed by atoms with E-state index in [1.165, 1.54) is 6.26 Å². The van der Waals surface area contributed by atoms with Crippen LogP contribution in [-0.2, 0) is 19.3 Å². The van der Waals surface area contributed by atoms with Crippen LogP contribution < -0.4 is 0 Å². The molecule has 0 radical (unpaired) electrons. The summed E-state index contributed by atoms with van der Waals surface area (Å²) in [4.78, 5) is 4.71. The lowest BCUT2D eigenvalue weighted by Crippen LogP contribution is -2.53. The predicted octanol–water partition coefficient (Wildman–Crippen LogP) is 0.582. The second kappa shape index (κ2) is 8.94. The molecule has 4 unspecified atom stereocenters. The molecule has 2 aliphatic heterocycles. The molecule has 4 atom stereocenters. The number of sulfone groups is 1. The zero-order valence-electron chi connectivity index (χ0n) is 15.6. The summed E-state index contributed by atoms with van der Waals surface area (Å²) in [6.07, 6.45) is 3.75. The van der Waals surface area contributed by atoms with E-state index in [-0.39, 0.29) is 5.75 Å². The zero-order valence-corrected chi connectivity index (χ0v) is 16.4. The first-order valence-corrected chi connectivity index (χ1v) is 11.0. The van der Waals surface area contributed by atoms with Crippen molar-refractivity contribution in [1.29, 1.82) is 0 Å². The largest absolute Gasteiger partial charge is 0.384 e. The van der Waals surface area contributed by atoms with E-state index in [1.807, 2.05) is 7.11 Å². The normalized spacial score (nSPS) is 33.7. The van der Waals surface area contributed by atoms with Gasteiger partial charge in [0.1, 0.15) is 9.84 Å². The van der Waals surface area contributed by atoms with Crippen LogP contribution in [0.4, 0.5) is 0 Å². The molecule has 0 bridgehead atoms. The van der Waals surface area contributed by atoms with E-state index in [0.717, 1.165) is 45.6 Å². The Kier molecular flexibility index (Phi) is 7.49. The molecule has 0 N–H and O–H groups in total. The number of rotatable bonds is 7. The third kappa shape index (κ3) is 5.66. The van der Waals surface area contributed by atoms with Crippen LogP contribution in [0, 0.1) is 17.8 Å². The van der Waals surface area contributed by atoms with Crippen molar-refractivity contribution >= 4 is 9.84 Å². The predicted molar refractivity (Wildman–Crippen MR) is 96.0 cm³/mol. The van der Waals surface area contributed by atoms with Gasteiger partial charge in [-0.05, 0) is 38.3 Å². The van der Waals surface area contributed by atoms with Crippen LogP contribution in [0.1, 0.15) is 12.8 Å². The minimum atomic E-state index is -2.91. The summed E-state index contributed by atoms with van der Waals surface area (Å²) >= 11 is 0. The van der Waals surface area contributed by atoms with Gasteiger partial charge in [0.15, 0.2) is 0 Å². The minimum Gasteiger partial charge on any atom is -0.384 e. The zero-order chi connectivity index (χ0) is 17.7. The molecule has 142 valence electrons. The van der Waals surface area contributed by atoms with Gasteiger partial charge >= 0.3 is 0 Å². The van der Waals surface area contributed by atoms with Gasteiger partial charge in [0, 0.05) is 59.2 Å². The number of hydrogen-bond acceptors (Lipinski definition) is 6. The molecular formula is C17H34N2O4S. The molecule has 2 saturated heterocycles. The van der Waals surface area contributed by atoms with Crippen molar-refractivity contribution < 1.29 is 17.9 Å². The van der Waals surface area contributed by atoms with Crippen molar-refractivity contribution in [2.75, 3.05) is 72.6 Å². The van der Waals surface area contributed by atoms with Gasteiger partial charge in [0.05, 0.1) is 11.9 Å². The van der Waals surface area contributed by atoms with Crippen molar-refractivity contribution in [2.24, 2.45) is 17.8 Å². The number of piperidine rings is 2. The fourth-order valence-electron chi connectivity index (χ4n) is 4.34. The number of hydrogen-bond donors (Lipinski definition) is 0. The molecular weight excluding hydrogens is 328 g/mol. The maximum absolute atomic E-state index is 11.5. The van der Waals surface area contributed by atoms with Gasteiger partial charge in [0.25, 0.3) is 0 Å². The molecule has 0 amide bonds.